The highest BCUT2D eigenvalue weighted by Gasteiger charge is 2.44. The van der Waals surface area contributed by atoms with Crippen LogP contribution in [0.5, 0.6) is 0 Å². The monoisotopic (exact) mass is 593 g/mol. The number of hydrogen-bond acceptors (Lipinski definition) is 9. The van der Waals surface area contributed by atoms with Gasteiger partial charge < -0.3 is 24.6 Å². The molecule has 2 aliphatic heterocycles. The Hall–Kier alpha value is -3.66. The number of carbonyl (C=O) groups excluding carboxylic acids is 2. The van der Waals surface area contributed by atoms with Gasteiger partial charge >= 0.3 is 18.2 Å². The number of carbonyl (C=O) groups is 2. The minimum Gasteiger partial charge on any atom is -0.469 e. The highest BCUT2D eigenvalue weighted by Crippen LogP contribution is 2.41. The zero-order valence-corrected chi connectivity index (χ0v) is 24.3. The van der Waals surface area contributed by atoms with Crippen LogP contribution < -0.4 is 10.2 Å². The van der Waals surface area contributed by atoms with Crippen LogP contribution in [0.2, 0.25) is 0 Å². The van der Waals surface area contributed by atoms with Crippen LogP contribution in [0, 0.1) is 23.2 Å². The summed E-state index contributed by atoms with van der Waals surface area (Å²) < 4.78 is 52.7. The first-order valence-electron chi connectivity index (χ1n) is 13.0. The van der Waals surface area contributed by atoms with Crippen LogP contribution in [-0.2, 0) is 26.9 Å². The van der Waals surface area contributed by atoms with Crippen molar-refractivity contribution in [3.05, 3.63) is 41.0 Å². The van der Waals surface area contributed by atoms with E-state index in [-0.39, 0.29) is 31.3 Å². The molecule has 9 nitrogen and oxygen atoms in total. The number of fused-ring (bicyclic) bond motifs is 1. The Kier molecular flexibility index (Phi) is 8.63. The number of anilines is 3. The summed E-state index contributed by atoms with van der Waals surface area (Å²) in [5.74, 6) is -0.508. The van der Waals surface area contributed by atoms with Gasteiger partial charge in [-0.05, 0) is 50.8 Å². The van der Waals surface area contributed by atoms with Gasteiger partial charge in [-0.3, -0.25) is 4.79 Å². The fourth-order valence-corrected chi connectivity index (χ4v) is 5.64. The number of nitrogens with one attached hydrogen (secondary N) is 1. The molecule has 2 atom stereocenters. The predicted octanol–water partition coefficient (Wildman–Crippen LogP) is 5.70. The number of amides is 1. The fraction of sp³-hybridized carbons (Fsp3) is 0.500. The van der Waals surface area contributed by atoms with Gasteiger partial charge in [0, 0.05) is 44.3 Å². The summed E-state index contributed by atoms with van der Waals surface area (Å²) in [5.41, 5.74) is -1.33. The molecule has 2 saturated heterocycles. The Morgan fingerprint density at radius 1 is 1.17 bits per heavy atom. The van der Waals surface area contributed by atoms with E-state index >= 15 is 0 Å². The molecular weight excluding hydrogens is 559 g/mol. The summed E-state index contributed by atoms with van der Waals surface area (Å²) >= 11 is 1.35. The van der Waals surface area contributed by atoms with Crippen LogP contribution >= 0.6 is 11.8 Å². The van der Waals surface area contributed by atoms with Crippen molar-refractivity contribution in [2.45, 2.75) is 43.9 Å². The van der Waals surface area contributed by atoms with Crippen LogP contribution in [0.1, 0.15) is 38.9 Å². The van der Waals surface area contributed by atoms with Gasteiger partial charge in [-0.15, -0.1) is 11.8 Å². The lowest BCUT2D eigenvalue weighted by Gasteiger charge is -2.27. The van der Waals surface area contributed by atoms with Crippen molar-refractivity contribution in [1.29, 1.82) is 5.26 Å². The molecule has 0 saturated carbocycles. The number of hydrogen-bond donors (Lipinski definition) is 1. The van der Waals surface area contributed by atoms with Crippen molar-refractivity contribution in [2.75, 3.05) is 49.8 Å². The summed E-state index contributed by atoms with van der Waals surface area (Å²) in [5, 5.41) is 12.7. The minimum absolute atomic E-state index is 0. The fourth-order valence-electron chi connectivity index (χ4n) is 5.11. The zero-order valence-electron chi connectivity index (χ0n) is 23.5. The summed E-state index contributed by atoms with van der Waals surface area (Å²) in [6, 6.07) is 7.70. The normalized spacial score (nSPS) is 18.6. The average molecular weight is 594 g/mol. The number of pyridine rings is 1. The van der Waals surface area contributed by atoms with Crippen molar-refractivity contribution in [2.24, 2.45) is 11.8 Å². The summed E-state index contributed by atoms with van der Waals surface area (Å²) in [7, 11) is 1.27. The van der Waals surface area contributed by atoms with Crippen LogP contribution in [0.25, 0.3) is 0 Å². The van der Waals surface area contributed by atoms with Gasteiger partial charge in [0.05, 0.1) is 24.8 Å². The van der Waals surface area contributed by atoms with E-state index in [1.54, 1.807) is 61.1 Å². The Morgan fingerprint density at radius 3 is 2.37 bits per heavy atom. The van der Waals surface area contributed by atoms with Crippen molar-refractivity contribution in [3.63, 3.8) is 0 Å². The van der Waals surface area contributed by atoms with E-state index in [1.807, 2.05) is 0 Å². The lowest BCUT2D eigenvalue weighted by atomic mass is 10.0. The third-order valence-electron chi connectivity index (χ3n) is 6.98. The Bertz CT molecular complexity index is 1370. The molecule has 1 aromatic carbocycles. The van der Waals surface area contributed by atoms with Gasteiger partial charge in [-0.1, -0.05) is 6.07 Å². The van der Waals surface area contributed by atoms with Gasteiger partial charge in [0.1, 0.15) is 23.1 Å². The van der Waals surface area contributed by atoms with Gasteiger partial charge in [0.2, 0.25) is 0 Å². The quantitative estimate of drug-likeness (QED) is 0.333. The van der Waals surface area contributed by atoms with Crippen molar-refractivity contribution < 1.29 is 33.7 Å². The standard InChI is InChI=1S/C28H32F3N5O4S.H2/c1-27(2,3)40-26(38)36-14-17-12-35(13-18(17)15-36)23-10-20(28(29,30)31)19(11-32)25(34-23)33-21-8-16(9-24(37)39-4)6-7-22(21)41-5;/h6-8,10,17-18H,9,12-15H2,1-5H3,(H,33,34);1H/t17-,18+;. The summed E-state index contributed by atoms with van der Waals surface area (Å²) in [6.07, 6.45) is -3.42. The lowest BCUT2D eigenvalue weighted by Crippen LogP contribution is -2.37. The van der Waals surface area contributed by atoms with E-state index < -0.39 is 35.0 Å². The molecule has 2 aliphatic rings. The lowest BCUT2D eigenvalue weighted by molar-refractivity contribution is -0.140. The zero-order chi connectivity index (χ0) is 30.1. The number of benzene rings is 1. The highest BCUT2D eigenvalue weighted by atomic mass is 32.2. The molecule has 4 rings (SSSR count). The number of aromatic nitrogens is 1. The third kappa shape index (κ3) is 6.98. The number of thioether (sulfide) groups is 1. The summed E-state index contributed by atoms with van der Waals surface area (Å²) in [6.45, 7) is 7.07. The van der Waals surface area contributed by atoms with Crippen molar-refractivity contribution >= 4 is 41.1 Å². The van der Waals surface area contributed by atoms with Crippen molar-refractivity contribution in [1.82, 2.24) is 9.88 Å². The number of methoxy groups -OCH3 is 1. The predicted molar refractivity (Wildman–Crippen MR) is 150 cm³/mol. The van der Waals surface area contributed by atoms with Gasteiger partial charge in [0.15, 0.2) is 5.82 Å². The minimum atomic E-state index is -4.79. The largest absolute Gasteiger partial charge is 0.469 e. The van der Waals surface area contributed by atoms with Crippen LogP contribution in [-0.4, -0.2) is 67.1 Å². The van der Waals surface area contributed by atoms with E-state index in [4.69, 9.17) is 9.47 Å². The molecule has 1 N–H and O–H groups in total. The van der Waals surface area contributed by atoms with Gasteiger partial charge in [0.25, 0.3) is 0 Å². The maximum absolute atomic E-state index is 14.2. The molecule has 1 aromatic heterocycles. The smallest absolute Gasteiger partial charge is 0.417 e. The number of nitrogens with zero attached hydrogens (tertiary/aromatic N) is 4. The molecule has 2 aromatic rings. The van der Waals surface area contributed by atoms with E-state index in [0.717, 1.165) is 6.07 Å². The molecule has 1 amide bonds. The van der Waals surface area contributed by atoms with Gasteiger partial charge in [-0.2, -0.15) is 18.4 Å². The third-order valence-corrected chi connectivity index (χ3v) is 7.77. The molecule has 0 radical (unpaired) electrons. The van der Waals surface area contributed by atoms with Crippen molar-refractivity contribution in [3.8, 4) is 6.07 Å². The Labute approximate surface area is 242 Å². The SMILES string of the molecule is COC(=O)Cc1ccc(SC)c(Nc2nc(N3C[C@H]4CN(C(=O)OC(C)(C)C)C[C@H]4C3)cc(C(F)(F)F)c2C#N)c1.[HH]. The van der Waals surface area contributed by atoms with E-state index in [1.165, 1.54) is 18.9 Å². The molecule has 0 unspecified atom stereocenters. The molecule has 0 bridgehead atoms. The molecular formula is C28H34F3N5O4S. The number of likely N-dealkylation sites (tertiary alicyclic amines) is 1. The highest BCUT2D eigenvalue weighted by molar-refractivity contribution is 7.98. The second-order valence-electron chi connectivity index (χ2n) is 11.1. The second kappa shape index (κ2) is 11.7. The number of nitriles is 1. The number of rotatable bonds is 6. The first-order chi connectivity index (χ1) is 19.2. The number of esters is 1. The average Bonchev–Trinajstić information content (AvgIpc) is 3.47. The number of halogens is 3. The molecule has 2 fully saturated rings. The molecule has 222 valence electrons. The maximum atomic E-state index is 14.2. The van der Waals surface area contributed by atoms with E-state index in [0.29, 0.717) is 42.3 Å². The number of ether oxygens (including phenoxy) is 2. The first-order valence-corrected chi connectivity index (χ1v) is 14.2. The van der Waals surface area contributed by atoms with Crippen LogP contribution in [0.4, 0.5) is 35.3 Å². The topological polar surface area (TPSA) is 108 Å². The molecule has 41 heavy (non-hydrogen) atoms. The molecule has 0 spiro atoms. The van der Waals surface area contributed by atoms with Crippen LogP contribution in [0.3, 0.4) is 0 Å². The van der Waals surface area contributed by atoms with Crippen LogP contribution in [0.15, 0.2) is 29.2 Å². The summed E-state index contributed by atoms with van der Waals surface area (Å²) in [4.78, 5) is 32.9. The second-order valence-corrected chi connectivity index (χ2v) is 11.9. The van der Waals surface area contributed by atoms with Gasteiger partial charge in [-0.25, -0.2) is 9.78 Å². The van der Waals surface area contributed by atoms with E-state index in [2.05, 4.69) is 10.3 Å². The first kappa shape index (κ1) is 30.3. The van der Waals surface area contributed by atoms with E-state index in [9.17, 15) is 28.0 Å². The Balaban J connectivity index is 0.00000484. The molecule has 3 heterocycles. The Morgan fingerprint density at radius 2 is 1.83 bits per heavy atom. The molecule has 13 heteroatoms. The number of alkyl halides is 3. The molecule has 0 aliphatic carbocycles. The maximum Gasteiger partial charge on any atom is 0.417 e.